The lowest BCUT2D eigenvalue weighted by Gasteiger charge is -2.34. The lowest BCUT2D eigenvalue weighted by molar-refractivity contribution is -0.143. The molecule has 0 bridgehead atoms. The third-order valence-electron chi connectivity index (χ3n) is 7.96. The molecule has 2 aromatic carbocycles. The highest BCUT2D eigenvalue weighted by Crippen LogP contribution is 2.53. The molecular weight excluding hydrogens is 560 g/mol. The fourth-order valence-corrected chi connectivity index (χ4v) is 7.50. The van der Waals surface area contributed by atoms with E-state index in [4.69, 9.17) is 4.74 Å². The highest BCUT2D eigenvalue weighted by Gasteiger charge is 2.66. The van der Waals surface area contributed by atoms with E-state index in [2.05, 4.69) is 0 Å². The van der Waals surface area contributed by atoms with Gasteiger partial charge in [0.1, 0.15) is 5.76 Å². The maximum absolute atomic E-state index is 14.5. The zero-order valence-electron chi connectivity index (χ0n) is 24.1. The van der Waals surface area contributed by atoms with E-state index in [-0.39, 0.29) is 48.9 Å². The summed E-state index contributed by atoms with van der Waals surface area (Å²) < 4.78 is 33.4. The largest absolute Gasteiger partial charge is 0.507 e. The number of benzene rings is 2. The molecule has 3 aliphatic rings. The number of hydrogen-bond acceptors (Lipinski definition) is 8. The van der Waals surface area contributed by atoms with Crippen LogP contribution in [0, 0.1) is 0 Å². The molecule has 12 heteroatoms. The molecule has 5 rings (SSSR count). The number of aliphatic hydroxyl groups excluding tert-OH is 1. The van der Waals surface area contributed by atoms with Crippen molar-refractivity contribution in [2.75, 3.05) is 64.9 Å². The average molecular weight is 597 g/mol. The number of Topliss-reactive ketones (excluding diaryl/α,β-unsaturated/α-hetero) is 1. The highest BCUT2D eigenvalue weighted by atomic mass is 32.2. The minimum absolute atomic E-state index is 0.0224. The number of aliphatic hydroxyl groups is 1. The van der Waals surface area contributed by atoms with Crippen molar-refractivity contribution in [3.8, 4) is 0 Å². The van der Waals surface area contributed by atoms with Gasteiger partial charge >= 0.3 is 0 Å². The van der Waals surface area contributed by atoms with Gasteiger partial charge in [-0.2, -0.15) is 4.31 Å². The van der Waals surface area contributed by atoms with Crippen LogP contribution in [0.1, 0.15) is 30.9 Å². The summed E-state index contributed by atoms with van der Waals surface area (Å²) in [6.07, 6.45) is 1.11. The van der Waals surface area contributed by atoms with E-state index in [0.29, 0.717) is 37.2 Å². The lowest BCUT2D eigenvalue weighted by Crippen LogP contribution is -2.52. The fraction of sp³-hybridized carbons (Fsp3) is 0.433. The normalized spacial score (nSPS) is 22.5. The van der Waals surface area contributed by atoms with Gasteiger partial charge in [0.2, 0.25) is 10.0 Å². The van der Waals surface area contributed by atoms with Crippen molar-refractivity contribution in [3.05, 3.63) is 65.2 Å². The zero-order chi connectivity index (χ0) is 30.2. The number of nitrogens with zero attached hydrogens (tertiary/aromatic N) is 4. The molecule has 11 nitrogen and oxygen atoms in total. The van der Waals surface area contributed by atoms with Crippen LogP contribution in [-0.2, 0) is 34.7 Å². The summed E-state index contributed by atoms with van der Waals surface area (Å²) >= 11 is 0. The fourth-order valence-electron chi connectivity index (χ4n) is 6.04. The second-order valence-electron chi connectivity index (χ2n) is 10.9. The molecule has 3 aliphatic heterocycles. The van der Waals surface area contributed by atoms with Crippen LogP contribution in [0.4, 0.5) is 5.69 Å². The molecule has 1 spiro atoms. The molecule has 0 saturated carbocycles. The number of hydrogen-bond donors (Lipinski definition) is 1. The smallest absolute Gasteiger partial charge is 0.296 e. The quantitative estimate of drug-likeness (QED) is 0.265. The predicted molar refractivity (Wildman–Crippen MR) is 156 cm³/mol. The number of para-hydroxylation sites is 1. The van der Waals surface area contributed by atoms with Gasteiger partial charge in [0.05, 0.1) is 29.4 Å². The highest BCUT2D eigenvalue weighted by molar-refractivity contribution is 7.89. The van der Waals surface area contributed by atoms with Crippen LogP contribution in [0.15, 0.2) is 59.0 Å². The SMILES string of the molecule is CCCN1C(=O)C2(/C(=C(/O)c3cccc(S(=O)(=O)N4CCOCC4)c3)C(=O)C(=O)N2CCCN(C)C)c2ccccc21. The first kappa shape index (κ1) is 29.9. The van der Waals surface area contributed by atoms with Crippen molar-refractivity contribution in [2.45, 2.75) is 30.2 Å². The van der Waals surface area contributed by atoms with Crippen molar-refractivity contribution < 1.29 is 32.6 Å². The van der Waals surface area contributed by atoms with Crippen LogP contribution in [-0.4, -0.2) is 105 Å². The van der Waals surface area contributed by atoms with E-state index in [1.807, 2.05) is 25.9 Å². The van der Waals surface area contributed by atoms with Crippen molar-refractivity contribution in [1.29, 1.82) is 0 Å². The number of rotatable bonds is 9. The van der Waals surface area contributed by atoms with Crippen LogP contribution in [0.2, 0.25) is 0 Å². The predicted octanol–water partition coefficient (Wildman–Crippen LogP) is 1.99. The van der Waals surface area contributed by atoms with E-state index in [1.165, 1.54) is 33.5 Å². The van der Waals surface area contributed by atoms with E-state index in [1.54, 1.807) is 29.2 Å². The van der Waals surface area contributed by atoms with Gasteiger partial charge in [0.25, 0.3) is 17.6 Å². The Morgan fingerprint density at radius 3 is 2.43 bits per heavy atom. The molecule has 0 radical (unpaired) electrons. The first-order chi connectivity index (χ1) is 20.1. The topological polar surface area (TPSA) is 128 Å². The first-order valence-electron chi connectivity index (χ1n) is 14.1. The monoisotopic (exact) mass is 596 g/mol. The molecule has 0 aromatic heterocycles. The Bertz CT molecular complexity index is 1550. The molecule has 2 aromatic rings. The summed E-state index contributed by atoms with van der Waals surface area (Å²) in [6, 6.07) is 12.6. The van der Waals surface area contributed by atoms with E-state index >= 15 is 0 Å². The summed E-state index contributed by atoms with van der Waals surface area (Å²) in [5, 5.41) is 11.8. The Labute approximate surface area is 246 Å². The molecule has 1 atom stereocenters. The number of ether oxygens (including phenoxy) is 1. The van der Waals surface area contributed by atoms with Gasteiger partial charge in [-0.1, -0.05) is 37.3 Å². The van der Waals surface area contributed by atoms with Crippen LogP contribution >= 0.6 is 0 Å². The van der Waals surface area contributed by atoms with E-state index in [9.17, 15) is 27.9 Å². The van der Waals surface area contributed by atoms with Crippen molar-refractivity contribution in [2.24, 2.45) is 0 Å². The lowest BCUT2D eigenvalue weighted by atomic mass is 9.82. The number of carbonyl (C=O) groups excluding carboxylic acids is 3. The zero-order valence-corrected chi connectivity index (χ0v) is 24.9. The van der Waals surface area contributed by atoms with Crippen LogP contribution in [0.3, 0.4) is 0 Å². The molecule has 1 unspecified atom stereocenters. The van der Waals surface area contributed by atoms with Gasteiger partial charge < -0.3 is 24.5 Å². The Kier molecular flexibility index (Phi) is 8.26. The standard InChI is InChI=1S/C30H36N4O7S/c1-4-13-33-24-12-6-5-11-23(24)30(29(33)38)25(27(36)28(37)34(30)15-8-14-31(2)3)26(35)21-9-7-10-22(20-21)42(39,40)32-16-18-41-19-17-32/h5-7,9-12,20,35H,4,8,13-19H2,1-3H3/b26-25+. The summed E-state index contributed by atoms with van der Waals surface area (Å²) in [7, 11) is -0.143. The number of sulfonamides is 1. The molecule has 2 amide bonds. The molecule has 0 aliphatic carbocycles. The Morgan fingerprint density at radius 2 is 1.74 bits per heavy atom. The van der Waals surface area contributed by atoms with Crippen LogP contribution < -0.4 is 4.90 Å². The number of ketones is 1. The van der Waals surface area contributed by atoms with Crippen molar-refractivity contribution in [1.82, 2.24) is 14.1 Å². The van der Waals surface area contributed by atoms with Crippen LogP contribution in [0.25, 0.3) is 5.76 Å². The summed E-state index contributed by atoms with van der Waals surface area (Å²) in [5.74, 6) is -2.95. The number of amides is 2. The van der Waals surface area contributed by atoms with Crippen molar-refractivity contribution in [3.63, 3.8) is 0 Å². The van der Waals surface area contributed by atoms with Gasteiger partial charge in [-0.15, -0.1) is 0 Å². The van der Waals surface area contributed by atoms with Crippen LogP contribution in [0.5, 0.6) is 0 Å². The van der Waals surface area contributed by atoms with Gasteiger partial charge in [-0.25, -0.2) is 8.42 Å². The first-order valence-corrected chi connectivity index (χ1v) is 15.5. The third kappa shape index (κ3) is 4.72. The minimum atomic E-state index is -3.92. The molecule has 2 fully saturated rings. The molecule has 3 heterocycles. The molecule has 2 saturated heterocycles. The second kappa shape index (κ2) is 11.6. The molecule has 42 heavy (non-hydrogen) atoms. The van der Waals surface area contributed by atoms with Gasteiger partial charge in [0, 0.05) is 37.3 Å². The Morgan fingerprint density at radius 1 is 1.02 bits per heavy atom. The number of carbonyl (C=O) groups is 3. The molecule has 224 valence electrons. The summed E-state index contributed by atoms with van der Waals surface area (Å²) in [6.45, 7) is 3.91. The number of fused-ring (bicyclic) bond motifs is 2. The van der Waals surface area contributed by atoms with Gasteiger partial charge in [-0.3, -0.25) is 14.4 Å². The van der Waals surface area contributed by atoms with E-state index < -0.39 is 38.9 Å². The second-order valence-corrected chi connectivity index (χ2v) is 12.8. The summed E-state index contributed by atoms with van der Waals surface area (Å²) in [4.78, 5) is 46.7. The number of morpholine rings is 1. The average Bonchev–Trinajstić information content (AvgIpc) is 3.36. The number of likely N-dealkylation sites (tertiary alicyclic amines) is 1. The molecule has 1 N–H and O–H groups in total. The van der Waals surface area contributed by atoms with Gasteiger partial charge in [0.15, 0.2) is 5.54 Å². The van der Waals surface area contributed by atoms with Crippen molar-refractivity contribution >= 4 is 39.1 Å². The summed E-state index contributed by atoms with van der Waals surface area (Å²) in [5.41, 5.74) is -1.21. The Balaban J connectivity index is 1.70. The number of anilines is 1. The maximum Gasteiger partial charge on any atom is 0.296 e. The third-order valence-corrected chi connectivity index (χ3v) is 9.85. The van der Waals surface area contributed by atoms with E-state index in [0.717, 1.165) is 0 Å². The Hall–Kier alpha value is -3.58. The van der Waals surface area contributed by atoms with Gasteiger partial charge in [-0.05, 0) is 51.7 Å². The maximum atomic E-state index is 14.5. The minimum Gasteiger partial charge on any atom is -0.507 e. The molecular formula is C30H36N4O7S.